The molecular formula is C23H32F3N3O4. The van der Waals surface area contributed by atoms with E-state index in [2.05, 4.69) is 21.9 Å². The molecule has 2 rings (SSSR count). The number of rotatable bonds is 11. The number of carbonyl (C=O) groups excluding carboxylic acids is 2. The fourth-order valence-corrected chi connectivity index (χ4v) is 3.39. The van der Waals surface area contributed by atoms with E-state index in [1.54, 1.807) is 11.0 Å². The first-order chi connectivity index (χ1) is 15.6. The Hall–Kier alpha value is -2.75. The zero-order chi connectivity index (χ0) is 24.4. The third-order valence-electron chi connectivity index (χ3n) is 5.35. The molecule has 1 saturated heterocycles. The number of carbonyl (C=O) groups is 2. The molecule has 7 nitrogen and oxygen atoms in total. The van der Waals surface area contributed by atoms with Gasteiger partial charge in [-0.2, -0.15) is 0 Å². The van der Waals surface area contributed by atoms with E-state index in [0.717, 1.165) is 0 Å². The van der Waals surface area contributed by atoms with E-state index in [1.165, 1.54) is 24.3 Å². The maximum absolute atomic E-state index is 12.9. The summed E-state index contributed by atoms with van der Waals surface area (Å²) in [5.41, 5.74) is 0.592. The number of morpholine rings is 1. The highest BCUT2D eigenvalue weighted by Crippen LogP contribution is 2.24. The number of hydrogen-bond donors (Lipinski definition) is 2. The van der Waals surface area contributed by atoms with Crippen molar-refractivity contribution in [2.45, 2.75) is 39.1 Å². The van der Waals surface area contributed by atoms with Crippen molar-refractivity contribution in [1.82, 2.24) is 10.2 Å². The third kappa shape index (κ3) is 9.33. The minimum Gasteiger partial charge on any atom is -0.406 e. The summed E-state index contributed by atoms with van der Waals surface area (Å²) in [5.74, 6) is -1.07. The number of anilines is 1. The van der Waals surface area contributed by atoms with Crippen LogP contribution in [0.2, 0.25) is 0 Å². The van der Waals surface area contributed by atoms with Crippen LogP contribution < -0.4 is 15.4 Å². The van der Waals surface area contributed by atoms with Crippen molar-refractivity contribution in [2.24, 2.45) is 11.8 Å². The van der Waals surface area contributed by atoms with Crippen LogP contribution in [0.1, 0.15) is 26.7 Å². The SMILES string of the molecule is C=CC[C@H](CC(=O)N1CCOCC1)C(=O)N[C@H](CNc1ccc(OC(F)(F)F)cc1)C(C)C. The molecule has 0 unspecified atom stereocenters. The van der Waals surface area contributed by atoms with E-state index in [-0.39, 0.29) is 35.9 Å². The molecule has 0 bridgehead atoms. The van der Waals surface area contributed by atoms with Gasteiger partial charge in [0.15, 0.2) is 0 Å². The molecule has 10 heteroatoms. The summed E-state index contributed by atoms with van der Waals surface area (Å²) in [6.45, 7) is 10.0. The van der Waals surface area contributed by atoms with Crippen LogP contribution in [-0.4, -0.2) is 62.0 Å². The van der Waals surface area contributed by atoms with Crippen LogP contribution in [0.3, 0.4) is 0 Å². The fourth-order valence-electron chi connectivity index (χ4n) is 3.39. The monoisotopic (exact) mass is 471 g/mol. The van der Waals surface area contributed by atoms with Gasteiger partial charge in [0.05, 0.1) is 19.1 Å². The maximum Gasteiger partial charge on any atom is 0.573 e. The van der Waals surface area contributed by atoms with Crippen LogP contribution in [-0.2, 0) is 14.3 Å². The maximum atomic E-state index is 12.9. The minimum atomic E-state index is -4.74. The number of hydrogen-bond acceptors (Lipinski definition) is 5. The summed E-state index contributed by atoms with van der Waals surface area (Å²) in [5, 5.41) is 6.13. The Bertz CT molecular complexity index is 778. The second-order valence-electron chi connectivity index (χ2n) is 8.23. The zero-order valence-corrected chi connectivity index (χ0v) is 19.0. The second-order valence-corrected chi connectivity index (χ2v) is 8.23. The van der Waals surface area contributed by atoms with Crippen molar-refractivity contribution in [3.63, 3.8) is 0 Å². The summed E-state index contributed by atoms with van der Waals surface area (Å²) in [6, 6.07) is 5.13. The third-order valence-corrected chi connectivity index (χ3v) is 5.35. The van der Waals surface area contributed by atoms with E-state index in [4.69, 9.17) is 4.74 Å². The summed E-state index contributed by atoms with van der Waals surface area (Å²) >= 11 is 0. The number of nitrogens with one attached hydrogen (secondary N) is 2. The Balaban J connectivity index is 1.93. The molecule has 33 heavy (non-hydrogen) atoms. The Labute approximate surface area is 192 Å². The van der Waals surface area contributed by atoms with Crippen molar-refractivity contribution in [3.8, 4) is 5.75 Å². The average molecular weight is 472 g/mol. The highest BCUT2D eigenvalue weighted by molar-refractivity contribution is 5.86. The molecule has 1 aromatic carbocycles. The number of alkyl halides is 3. The van der Waals surface area contributed by atoms with Gasteiger partial charge in [-0.1, -0.05) is 19.9 Å². The summed E-state index contributed by atoms with van der Waals surface area (Å²) in [4.78, 5) is 27.3. The number of nitrogens with zero attached hydrogens (tertiary/aromatic N) is 1. The molecule has 184 valence electrons. The predicted octanol–water partition coefficient (Wildman–Crippen LogP) is 3.58. The van der Waals surface area contributed by atoms with Gasteiger partial charge in [0.2, 0.25) is 11.8 Å². The van der Waals surface area contributed by atoms with Crippen molar-refractivity contribution < 1.29 is 32.2 Å². The lowest BCUT2D eigenvalue weighted by Gasteiger charge is -2.29. The van der Waals surface area contributed by atoms with Crippen molar-refractivity contribution >= 4 is 17.5 Å². The van der Waals surface area contributed by atoms with E-state index in [1.807, 2.05) is 13.8 Å². The highest BCUT2D eigenvalue weighted by atomic mass is 19.4. The number of ether oxygens (including phenoxy) is 2. The van der Waals surface area contributed by atoms with Crippen LogP contribution >= 0.6 is 0 Å². The first kappa shape index (κ1) is 26.5. The summed E-state index contributed by atoms with van der Waals surface area (Å²) < 4.78 is 46.0. The van der Waals surface area contributed by atoms with E-state index >= 15 is 0 Å². The topological polar surface area (TPSA) is 79.9 Å². The van der Waals surface area contributed by atoms with Gasteiger partial charge in [-0.25, -0.2) is 0 Å². The van der Waals surface area contributed by atoms with Crippen molar-refractivity contribution in [1.29, 1.82) is 0 Å². The first-order valence-corrected chi connectivity index (χ1v) is 11.0. The number of halogens is 3. The van der Waals surface area contributed by atoms with Crippen molar-refractivity contribution in [2.75, 3.05) is 38.2 Å². The molecular weight excluding hydrogens is 439 g/mol. The molecule has 2 amide bonds. The van der Waals surface area contributed by atoms with Gasteiger partial charge in [-0.3, -0.25) is 9.59 Å². The standard InChI is InChI=1S/C23H32F3N3O4/c1-4-5-17(14-21(30)29-10-12-32-13-11-29)22(31)28-20(16(2)3)15-27-18-6-8-19(9-7-18)33-23(24,25)26/h4,6-9,16-17,20,27H,1,5,10-15H2,2-3H3,(H,28,31)/t17-,20-/m1/s1. The molecule has 1 fully saturated rings. The van der Waals surface area contributed by atoms with Crippen LogP contribution in [0.4, 0.5) is 18.9 Å². The van der Waals surface area contributed by atoms with Crippen LogP contribution in [0.25, 0.3) is 0 Å². The second kappa shape index (κ2) is 12.5. The molecule has 1 aromatic rings. The van der Waals surface area contributed by atoms with E-state index in [9.17, 15) is 22.8 Å². The number of allylic oxidation sites excluding steroid dienone is 1. The van der Waals surface area contributed by atoms with Crippen LogP contribution in [0.5, 0.6) is 5.75 Å². The Morgan fingerprint density at radius 1 is 1.21 bits per heavy atom. The average Bonchev–Trinajstić information content (AvgIpc) is 2.76. The van der Waals surface area contributed by atoms with E-state index < -0.39 is 12.3 Å². The van der Waals surface area contributed by atoms with Gasteiger partial charge in [-0.05, 0) is 36.6 Å². The fraction of sp³-hybridized carbons (Fsp3) is 0.565. The van der Waals surface area contributed by atoms with Gasteiger partial charge >= 0.3 is 6.36 Å². The molecule has 0 aromatic heterocycles. The smallest absolute Gasteiger partial charge is 0.406 e. The lowest BCUT2D eigenvalue weighted by molar-refractivity contribution is -0.274. The van der Waals surface area contributed by atoms with Gasteiger partial charge in [-0.15, -0.1) is 19.8 Å². The quantitative estimate of drug-likeness (QED) is 0.483. The minimum absolute atomic E-state index is 0.0774. The van der Waals surface area contributed by atoms with E-state index in [0.29, 0.717) is 45.0 Å². The Kier molecular flexibility index (Phi) is 10.0. The largest absolute Gasteiger partial charge is 0.573 e. The first-order valence-electron chi connectivity index (χ1n) is 11.0. The Morgan fingerprint density at radius 2 is 1.85 bits per heavy atom. The molecule has 0 spiro atoms. The molecule has 2 N–H and O–H groups in total. The Morgan fingerprint density at radius 3 is 2.39 bits per heavy atom. The van der Waals surface area contributed by atoms with Crippen LogP contribution in [0.15, 0.2) is 36.9 Å². The molecule has 1 aliphatic rings. The summed E-state index contributed by atoms with van der Waals surface area (Å²) in [7, 11) is 0. The van der Waals surface area contributed by atoms with Crippen molar-refractivity contribution in [3.05, 3.63) is 36.9 Å². The molecule has 0 saturated carbocycles. The lowest BCUT2D eigenvalue weighted by atomic mass is 9.97. The van der Waals surface area contributed by atoms with Gasteiger partial charge < -0.3 is 25.0 Å². The zero-order valence-electron chi connectivity index (χ0n) is 19.0. The molecule has 1 aliphatic heterocycles. The number of amides is 2. The van der Waals surface area contributed by atoms with Gasteiger partial charge in [0.25, 0.3) is 0 Å². The molecule has 0 radical (unpaired) electrons. The lowest BCUT2D eigenvalue weighted by Crippen LogP contribution is -2.47. The highest BCUT2D eigenvalue weighted by Gasteiger charge is 2.31. The molecule has 1 heterocycles. The summed E-state index contributed by atoms with van der Waals surface area (Å²) in [6.07, 6.45) is -2.64. The molecule has 0 aliphatic carbocycles. The molecule has 2 atom stereocenters. The van der Waals surface area contributed by atoms with Gasteiger partial charge in [0, 0.05) is 37.8 Å². The normalized spacial score (nSPS) is 16.1. The predicted molar refractivity (Wildman–Crippen MR) is 119 cm³/mol. The number of benzene rings is 1. The van der Waals surface area contributed by atoms with Gasteiger partial charge in [0.1, 0.15) is 5.75 Å². The van der Waals surface area contributed by atoms with Crippen LogP contribution in [0, 0.1) is 11.8 Å².